The second kappa shape index (κ2) is 7.12. The lowest BCUT2D eigenvalue weighted by Gasteiger charge is -2.05. The van der Waals surface area contributed by atoms with Crippen molar-refractivity contribution in [3.63, 3.8) is 0 Å². The number of fused-ring (bicyclic) bond motifs is 1. The molecule has 0 saturated heterocycles. The van der Waals surface area contributed by atoms with Gasteiger partial charge in [-0.3, -0.25) is 9.59 Å². The number of amides is 1. The van der Waals surface area contributed by atoms with Crippen LogP contribution in [0.2, 0.25) is 0 Å². The zero-order valence-corrected chi connectivity index (χ0v) is 13.6. The molecule has 124 valence electrons. The van der Waals surface area contributed by atoms with E-state index in [1.165, 1.54) is 0 Å². The van der Waals surface area contributed by atoms with Gasteiger partial charge >= 0.3 is 0 Å². The predicted octanol–water partition coefficient (Wildman–Crippen LogP) is 2.45. The van der Waals surface area contributed by atoms with E-state index in [1.807, 2.05) is 42.0 Å². The van der Waals surface area contributed by atoms with Crippen LogP contribution in [0, 0.1) is 6.92 Å². The Bertz CT molecular complexity index is 849. The van der Waals surface area contributed by atoms with Crippen molar-refractivity contribution in [2.24, 2.45) is 0 Å². The van der Waals surface area contributed by atoms with E-state index < -0.39 is 11.7 Å². The van der Waals surface area contributed by atoms with E-state index in [4.69, 9.17) is 0 Å². The molecule has 0 spiro atoms. The first kappa shape index (κ1) is 16.0. The highest BCUT2D eigenvalue weighted by molar-refractivity contribution is 6.45. The van der Waals surface area contributed by atoms with Crippen molar-refractivity contribution in [1.29, 1.82) is 0 Å². The smallest absolute Gasteiger partial charge is 0.292 e. The molecule has 0 atom stereocenters. The van der Waals surface area contributed by atoms with Crippen molar-refractivity contribution in [1.82, 2.24) is 19.9 Å². The highest BCUT2D eigenvalue weighted by Crippen LogP contribution is 2.22. The van der Waals surface area contributed by atoms with Gasteiger partial charge in [0, 0.05) is 42.1 Å². The lowest BCUT2D eigenvalue weighted by molar-refractivity contribution is -0.117. The average Bonchev–Trinajstić information content (AvgIpc) is 3.20. The molecule has 2 aromatic heterocycles. The Kier molecular flexibility index (Phi) is 4.74. The van der Waals surface area contributed by atoms with Gasteiger partial charge in [-0.05, 0) is 25.8 Å². The summed E-state index contributed by atoms with van der Waals surface area (Å²) in [6.07, 6.45) is 7.13. The molecule has 0 aliphatic rings. The molecule has 2 N–H and O–H groups in total. The number of ketones is 1. The Labute approximate surface area is 139 Å². The molecule has 6 nitrogen and oxygen atoms in total. The largest absolute Gasteiger partial charge is 0.358 e. The number of carbonyl (C=O) groups excluding carboxylic acids is 2. The van der Waals surface area contributed by atoms with E-state index in [1.54, 1.807) is 12.5 Å². The average molecular weight is 324 g/mol. The van der Waals surface area contributed by atoms with E-state index >= 15 is 0 Å². The molecule has 1 amide bonds. The van der Waals surface area contributed by atoms with E-state index in [0.717, 1.165) is 36.0 Å². The summed E-state index contributed by atoms with van der Waals surface area (Å²) in [6, 6.07) is 7.50. The summed E-state index contributed by atoms with van der Waals surface area (Å²) in [5.41, 5.74) is 2.05. The van der Waals surface area contributed by atoms with Gasteiger partial charge in [0.2, 0.25) is 0 Å². The number of H-pyrrole nitrogens is 1. The van der Waals surface area contributed by atoms with Crippen LogP contribution in [0.15, 0.2) is 43.0 Å². The molecule has 0 saturated carbocycles. The number of hydrogen-bond acceptors (Lipinski definition) is 3. The van der Waals surface area contributed by atoms with E-state index in [0.29, 0.717) is 12.1 Å². The highest BCUT2D eigenvalue weighted by atomic mass is 16.2. The van der Waals surface area contributed by atoms with Crippen LogP contribution in [-0.2, 0) is 11.3 Å². The third-order valence-corrected chi connectivity index (χ3v) is 4.01. The second-order valence-corrected chi connectivity index (χ2v) is 5.76. The number of Topliss-reactive ketones (excluding diaryl/α,β-unsaturated/α-hetero) is 1. The molecule has 0 unspecified atom stereocenters. The van der Waals surface area contributed by atoms with Gasteiger partial charge in [0.25, 0.3) is 11.7 Å². The molecule has 0 radical (unpaired) electrons. The number of aromatic amines is 1. The number of hydrogen-bond donors (Lipinski definition) is 2. The van der Waals surface area contributed by atoms with Crippen LogP contribution in [0.25, 0.3) is 10.9 Å². The Balaban J connectivity index is 1.54. The van der Waals surface area contributed by atoms with Crippen LogP contribution >= 0.6 is 0 Å². The van der Waals surface area contributed by atoms with Crippen LogP contribution in [0.3, 0.4) is 0 Å². The van der Waals surface area contributed by atoms with Gasteiger partial charge in [0.1, 0.15) is 0 Å². The standard InChI is InChI=1S/C18H20N4O2/c1-13-16(14-6-2-3-7-15(14)21-13)17(23)18(24)20-8-4-5-10-22-11-9-19-12-22/h2-3,6-7,9,11-12,21H,4-5,8,10H2,1H3,(H,20,24). The lowest BCUT2D eigenvalue weighted by atomic mass is 10.1. The molecule has 1 aromatic carbocycles. The number of nitrogens with one attached hydrogen (secondary N) is 2. The number of aryl methyl sites for hydroxylation is 2. The van der Waals surface area contributed by atoms with E-state index in [9.17, 15) is 9.59 Å². The molecule has 3 rings (SSSR count). The van der Waals surface area contributed by atoms with Crippen LogP contribution in [0.1, 0.15) is 28.9 Å². The summed E-state index contributed by atoms with van der Waals surface area (Å²) in [5, 5.41) is 3.50. The van der Waals surface area contributed by atoms with E-state index in [2.05, 4.69) is 15.3 Å². The Hall–Kier alpha value is -2.89. The molecule has 2 heterocycles. The zero-order chi connectivity index (χ0) is 16.9. The maximum Gasteiger partial charge on any atom is 0.292 e. The molecule has 0 fully saturated rings. The SMILES string of the molecule is Cc1[nH]c2ccccc2c1C(=O)C(=O)NCCCCn1ccnc1. The van der Waals surface area contributed by atoms with Crippen molar-refractivity contribution in [2.45, 2.75) is 26.3 Å². The monoisotopic (exact) mass is 324 g/mol. The molecule has 0 aliphatic heterocycles. The number of carbonyl (C=O) groups is 2. The van der Waals surface area contributed by atoms with Crippen molar-refractivity contribution < 1.29 is 9.59 Å². The first-order valence-corrected chi connectivity index (χ1v) is 8.02. The van der Waals surface area contributed by atoms with Crippen molar-refractivity contribution >= 4 is 22.6 Å². The second-order valence-electron chi connectivity index (χ2n) is 5.76. The third kappa shape index (κ3) is 3.37. The number of aromatic nitrogens is 3. The van der Waals surface area contributed by atoms with Gasteiger partial charge in [-0.1, -0.05) is 18.2 Å². The quantitative estimate of drug-likeness (QED) is 0.398. The van der Waals surface area contributed by atoms with Gasteiger partial charge in [0.05, 0.1) is 11.9 Å². The summed E-state index contributed by atoms with van der Waals surface area (Å²) in [5.74, 6) is -1.04. The van der Waals surface area contributed by atoms with Gasteiger partial charge < -0.3 is 14.9 Å². The Morgan fingerprint density at radius 3 is 2.88 bits per heavy atom. The minimum Gasteiger partial charge on any atom is -0.358 e. The minimum atomic E-state index is -0.550. The molecular weight excluding hydrogens is 304 g/mol. The number of unbranched alkanes of at least 4 members (excludes halogenated alkanes) is 1. The van der Waals surface area contributed by atoms with Crippen LogP contribution in [0.4, 0.5) is 0 Å². The number of imidazole rings is 1. The number of para-hydroxylation sites is 1. The minimum absolute atomic E-state index is 0.460. The summed E-state index contributed by atoms with van der Waals surface area (Å²) in [4.78, 5) is 31.7. The van der Waals surface area contributed by atoms with Crippen LogP contribution in [-0.4, -0.2) is 32.8 Å². The first-order chi connectivity index (χ1) is 11.7. The summed E-state index contributed by atoms with van der Waals surface area (Å²) in [7, 11) is 0. The molecule has 3 aromatic rings. The first-order valence-electron chi connectivity index (χ1n) is 8.02. The van der Waals surface area contributed by atoms with Gasteiger partial charge in [-0.15, -0.1) is 0 Å². The van der Waals surface area contributed by atoms with Gasteiger partial charge in [-0.25, -0.2) is 4.98 Å². The fourth-order valence-electron chi connectivity index (χ4n) is 2.80. The maximum absolute atomic E-state index is 12.4. The van der Waals surface area contributed by atoms with Crippen LogP contribution in [0.5, 0.6) is 0 Å². The van der Waals surface area contributed by atoms with Gasteiger partial charge in [-0.2, -0.15) is 0 Å². The van der Waals surface area contributed by atoms with Crippen molar-refractivity contribution in [2.75, 3.05) is 6.54 Å². The maximum atomic E-state index is 12.4. The topological polar surface area (TPSA) is 79.8 Å². The highest BCUT2D eigenvalue weighted by Gasteiger charge is 2.21. The summed E-state index contributed by atoms with van der Waals surface area (Å²) in [6.45, 7) is 3.15. The number of nitrogens with zero attached hydrogens (tertiary/aromatic N) is 2. The van der Waals surface area contributed by atoms with Gasteiger partial charge in [0.15, 0.2) is 0 Å². The normalized spacial score (nSPS) is 10.9. The van der Waals surface area contributed by atoms with E-state index in [-0.39, 0.29) is 0 Å². The van der Waals surface area contributed by atoms with Crippen LogP contribution < -0.4 is 5.32 Å². The zero-order valence-electron chi connectivity index (χ0n) is 13.6. The lowest BCUT2D eigenvalue weighted by Crippen LogP contribution is -2.32. The number of rotatable bonds is 7. The third-order valence-electron chi connectivity index (χ3n) is 4.01. The fraction of sp³-hybridized carbons (Fsp3) is 0.278. The molecule has 24 heavy (non-hydrogen) atoms. The number of benzene rings is 1. The molecule has 0 aliphatic carbocycles. The van der Waals surface area contributed by atoms with Crippen molar-refractivity contribution in [3.8, 4) is 0 Å². The summed E-state index contributed by atoms with van der Waals surface area (Å²) >= 11 is 0. The predicted molar refractivity (Wildman–Crippen MR) is 91.8 cm³/mol. The molecular formula is C18H20N4O2. The molecule has 0 bridgehead atoms. The van der Waals surface area contributed by atoms with Crippen molar-refractivity contribution in [3.05, 3.63) is 54.2 Å². The molecule has 6 heteroatoms. The summed E-state index contributed by atoms with van der Waals surface area (Å²) < 4.78 is 1.99. The fourth-order valence-corrected chi connectivity index (χ4v) is 2.80. The Morgan fingerprint density at radius 1 is 1.25 bits per heavy atom. The Morgan fingerprint density at radius 2 is 2.08 bits per heavy atom.